The lowest BCUT2D eigenvalue weighted by atomic mass is 9.78. The molecule has 3 atom stereocenters. The van der Waals surface area contributed by atoms with E-state index in [4.69, 9.17) is 0 Å². The summed E-state index contributed by atoms with van der Waals surface area (Å²) in [6.45, 7) is 4.94. The van der Waals surface area contributed by atoms with E-state index in [1.165, 1.54) is 162 Å². The van der Waals surface area contributed by atoms with Crippen LogP contribution in [-0.2, 0) is 5.41 Å². The van der Waals surface area contributed by atoms with E-state index in [9.17, 15) is 0 Å². The van der Waals surface area contributed by atoms with Crippen molar-refractivity contribution in [2.75, 3.05) is 4.90 Å². The predicted molar refractivity (Wildman–Crippen MR) is 241 cm³/mol. The fourth-order valence-electron chi connectivity index (χ4n) is 12.8. The van der Waals surface area contributed by atoms with E-state index in [0.717, 1.165) is 23.7 Å². The quantitative estimate of drug-likeness (QED) is 0.157. The van der Waals surface area contributed by atoms with E-state index in [0.29, 0.717) is 5.92 Å². The normalized spacial score (nSPS) is 22.8. The maximum Gasteiger partial charge on any atom is 0.0502 e. The van der Waals surface area contributed by atoms with E-state index in [-0.39, 0.29) is 5.41 Å². The van der Waals surface area contributed by atoms with Gasteiger partial charge in [-0.05, 0) is 172 Å². The molecule has 1 nitrogen and oxygen atoms in total. The molecule has 5 aliphatic rings. The first-order valence-electron chi connectivity index (χ1n) is 22.8. The van der Waals surface area contributed by atoms with Crippen LogP contribution in [0.4, 0.5) is 17.1 Å². The van der Waals surface area contributed by atoms with E-state index in [1.54, 1.807) is 5.56 Å². The van der Waals surface area contributed by atoms with Gasteiger partial charge in [-0.1, -0.05) is 144 Å². The third kappa shape index (κ3) is 6.18. The molecule has 3 unspecified atom stereocenters. The zero-order valence-corrected chi connectivity index (χ0v) is 34.3. The van der Waals surface area contributed by atoms with Crippen LogP contribution >= 0.6 is 0 Å². The number of hydrogen-bond donors (Lipinski definition) is 0. The Morgan fingerprint density at radius 3 is 1.88 bits per heavy atom. The lowest BCUT2D eigenvalue weighted by Crippen LogP contribution is -2.19. The van der Waals surface area contributed by atoms with Gasteiger partial charge in [0.25, 0.3) is 0 Å². The smallest absolute Gasteiger partial charge is 0.0502 e. The van der Waals surface area contributed by atoms with Gasteiger partial charge < -0.3 is 4.90 Å². The topological polar surface area (TPSA) is 3.24 Å². The third-order valence-electron chi connectivity index (χ3n) is 15.7. The maximum atomic E-state index is 2.64. The molecule has 4 saturated carbocycles. The highest BCUT2D eigenvalue weighted by Gasteiger charge is 2.41. The number of anilines is 3. The van der Waals surface area contributed by atoms with E-state index < -0.39 is 0 Å². The number of rotatable bonds is 7. The molecule has 0 heterocycles. The second kappa shape index (κ2) is 14.3. The first-order chi connectivity index (χ1) is 28.0. The van der Waals surface area contributed by atoms with Gasteiger partial charge in [-0.2, -0.15) is 0 Å². The number of benzene rings is 6. The van der Waals surface area contributed by atoms with Crippen molar-refractivity contribution in [3.8, 4) is 22.3 Å². The highest BCUT2D eigenvalue weighted by molar-refractivity contribution is 5.94. The van der Waals surface area contributed by atoms with Crippen molar-refractivity contribution in [3.05, 3.63) is 149 Å². The molecule has 0 amide bonds. The van der Waals surface area contributed by atoms with Crippen molar-refractivity contribution in [2.45, 2.75) is 127 Å². The van der Waals surface area contributed by atoms with Crippen molar-refractivity contribution in [3.63, 3.8) is 0 Å². The van der Waals surface area contributed by atoms with Crippen molar-refractivity contribution in [1.82, 2.24) is 0 Å². The number of nitrogens with zero attached hydrogens (tertiary/aromatic N) is 1. The molecule has 5 aliphatic carbocycles. The highest BCUT2D eigenvalue weighted by atomic mass is 15.1. The molecule has 0 radical (unpaired) electrons. The molecule has 0 aromatic heterocycles. The molecule has 4 fully saturated rings. The zero-order valence-electron chi connectivity index (χ0n) is 34.3. The summed E-state index contributed by atoms with van der Waals surface area (Å²) < 4.78 is 0. The minimum Gasteiger partial charge on any atom is -0.310 e. The van der Waals surface area contributed by atoms with Crippen LogP contribution in [-0.4, -0.2) is 0 Å². The van der Waals surface area contributed by atoms with Crippen LogP contribution in [0.15, 0.2) is 121 Å². The molecule has 1 heteroatoms. The molecule has 0 N–H and O–H groups in total. The van der Waals surface area contributed by atoms with Crippen molar-refractivity contribution >= 4 is 27.8 Å². The fraction of sp³-hybridized carbons (Fsp3) is 0.393. The maximum absolute atomic E-state index is 2.64. The Morgan fingerprint density at radius 2 is 1.18 bits per heavy atom. The third-order valence-corrected chi connectivity index (χ3v) is 15.7. The molecule has 11 rings (SSSR count). The summed E-state index contributed by atoms with van der Waals surface area (Å²) in [4.78, 5) is 2.64. The van der Waals surface area contributed by atoms with Gasteiger partial charge >= 0.3 is 0 Å². The Kier molecular flexibility index (Phi) is 8.94. The van der Waals surface area contributed by atoms with Crippen LogP contribution in [0.3, 0.4) is 0 Å². The number of fused-ring (bicyclic) bond motifs is 6. The molecule has 0 spiro atoms. The van der Waals surface area contributed by atoms with Crippen LogP contribution in [0.1, 0.15) is 149 Å². The molecule has 57 heavy (non-hydrogen) atoms. The lowest BCUT2D eigenvalue weighted by molar-refractivity contribution is 0.420. The second-order valence-electron chi connectivity index (χ2n) is 19.3. The summed E-state index contributed by atoms with van der Waals surface area (Å²) in [5, 5.41) is 2.68. The Hall–Kier alpha value is -4.62. The Balaban J connectivity index is 1.03. The first-order valence-corrected chi connectivity index (χ1v) is 22.8. The molecule has 288 valence electrons. The first kappa shape index (κ1) is 35.5. The minimum absolute atomic E-state index is 0.147. The molecule has 6 aromatic carbocycles. The van der Waals surface area contributed by atoms with Gasteiger partial charge in [0.15, 0.2) is 0 Å². The van der Waals surface area contributed by atoms with Gasteiger partial charge in [-0.25, -0.2) is 0 Å². The molecule has 0 aliphatic heterocycles. The lowest BCUT2D eigenvalue weighted by Gasteiger charge is -2.33. The van der Waals surface area contributed by atoms with E-state index in [2.05, 4.69) is 140 Å². The molecule has 0 saturated heterocycles. The van der Waals surface area contributed by atoms with Crippen LogP contribution in [0.25, 0.3) is 33.0 Å². The van der Waals surface area contributed by atoms with Gasteiger partial charge in [0.2, 0.25) is 0 Å². The van der Waals surface area contributed by atoms with Crippen molar-refractivity contribution in [1.29, 1.82) is 0 Å². The van der Waals surface area contributed by atoms with Crippen LogP contribution in [0.2, 0.25) is 0 Å². The zero-order chi connectivity index (χ0) is 38.1. The predicted octanol–water partition coefficient (Wildman–Crippen LogP) is 16.3. The molecule has 6 aromatic rings. The SMILES string of the molecule is CC1(C)c2cc(N(c3ccc(C4CC5CCC4C5)cc3)c3cc4ccccc4cc3C3CCCCC3)ccc2-c2cccc(-c3ccc(C4CCCCC4)cc3)c21. The van der Waals surface area contributed by atoms with Gasteiger partial charge in [0, 0.05) is 16.8 Å². The molecular weight excluding hydrogens is 687 g/mol. The van der Waals surface area contributed by atoms with Crippen LogP contribution in [0, 0.1) is 11.8 Å². The monoisotopic (exact) mass is 745 g/mol. The minimum atomic E-state index is -0.147. The van der Waals surface area contributed by atoms with Crippen molar-refractivity contribution in [2.24, 2.45) is 11.8 Å². The standard InChI is InChI=1S/C56H59N/c1-56(2)53-36-47(30-31-49(53)50-19-11-18-48(55(50)56)41-24-22-39(23-25-41)38-12-5-3-6-13-38)57(46-28-26-42(27-29-46)51-33-37-20-21-45(51)32-37)54-35-44-17-10-9-16-43(44)34-52(54)40-14-7-4-8-15-40/h9-11,16-19,22-31,34-38,40,45,51H,3-8,12-15,20-21,32-33H2,1-2H3. The van der Waals surface area contributed by atoms with Gasteiger partial charge in [-0.3, -0.25) is 0 Å². The van der Waals surface area contributed by atoms with Gasteiger partial charge in [0.1, 0.15) is 0 Å². The van der Waals surface area contributed by atoms with Gasteiger partial charge in [0.05, 0.1) is 5.69 Å². The van der Waals surface area contributed by atoms with E-state index >= 15 is 0 Å². The Bertz CT molecular complexity index is 2420. The highest BCUT2D eigenvalue weighted by Crippen LogP contribution is 2.56. The largest absolute Gasteiger partial charge is 0.310 e. The Morgan fingerprint density at radius 1 is 0.509 bits per heavy atom. The van der Waals surface area contributed by atoms with Crippen LogP contribution in [0.5, 0.6) is 0 Å². The summed E-state index contributed by atoms with van der Waals surface area (Å²) in [5.74, 6) is 3.88. The summed E-state index contributed by atoms with van der Waals surface area (Å²) in [6, 6.07) is 48.2. The van der Waals surface area contributed by atoms with E-state index in [1.807, 2.05) is 0 Å². The van der Waals surface area contributed by atoms with Gasteiger partial charge in [-0.15, -0.1) is 0 Å². The average molecular weight is 746 g/mol. The fourth-order valence-corrected chi connectivity index (χ4v) is 12.8. The molecule has 2 bridgehead atoms. The van der Waals surface area contributed by atoms with Crippen LogP contribution < -0.4 is 4.90 Å². The summed E-state index contributed by atoms with van der Waals surface area (Å²) >= 11 is 0. The van der Waals surface area contributed by atoms with Crippen molar-refractivity contribution < 1.29 is 0 Å². The number of hydrogen-bond acceptors (Lipinski definition) is 1. The summed E-state index contributed by atoms with van der Waals surface area (Å²) in [7, 11) is 0. The summed E-state index contributed by atoms with van der Waals surface area (Å²) in [6.07, 6.45) is 19.1. The Labute approximate surface area is 341 Å². The summed E-state index contributed by atoms with van der Waals surface area (Å²) in [5.41, 5.74) is 16.8. The average Bonchev–Trinajstić information content (AvgIpc) is 3.97. The second-order valence-corrected chi connectivity index (χ2v) is 19.3. The molecular formula is C56H59N.